The number of hydrogen-bond donors (Lipinski definition) is 1. The third-order valence-electron chi connectivity index (χ3n) is 1.09. The Balaban J connectivity index is 3.29. The summed E-state index contributed by atoms with van der Waals surface area (Å²) in [6.45, 7) is 0. The van der Waals surface area contributed by atoms with Gasteiger partial charge in [-0.25, -0.2) is 4.98 Å². The number of aromatic nitrogens is 1. The maximum Gasteiger partial charge on any atom is 0.312 e. The third-order valence-corrected chi connectivity index (χ3v) is 1.84. The molecular formula is C5H4N2O4S. The molecule has 1 heterocycles. The highest BCUT2D eigenvalue weighted by Gasteiger charge is 2.11. The number of hydrogen-bond acceptors (Lipinski definition) is 5. The maximum atomic E-state index is 10.5. The van der Waals surface area contributed by atoms with Crippen LogP contribution in [0.5, 0.6) is 0 Å². The number of nitroso groups, excluding NO2 is 1. The molecule has 0 aliphatic carbocycles. The van der Waals surface area contributed by atoms with Gasteiger partial charge in [-0.15, -0.1) is 4.91 Å². The molecule has 0 unspecified atom stereocenters. The summed E-state index contributed by atoms with van der Waals surface area (Å²) in [6.07, 6.45) is 1.07. The van der Waals surface area contributed by atoms with E-state index in [0.29, 0.717) is 0 Å². The molecule has 0 amide bonds. The quantitative estimate of drug-likeness (QED) is 0.545. The van der Waals surface area contributed by atoms with Gasteiger partial charge in [-0.05, 0) is 11.2 Å². The van der Waals surface area contributed by atoms with Crippen molar-refractivity contribution in [2.75, 3.05) is 0 Å². The highest BCUT2D eigenvalue weighted by Crippen LogP contribution is 2.14. The Morgan fingerprint density at radius 2 is 2.17 bits per heavy atom. The maximum absolute atomic E-state index is 10.5. The predicted molar refractivity (Wildman–Crippen MR) is 39.5 cm³/mol. The Morgan fingerprint density at radius 1 is 1.50 bits per heavy atom. The number of rotatable bonds is 2. The average molecular weight is 188 g/mol. The topological polar surface area (TPSA) is 96.7 Å². The fourth-order valence-electron chi connectivity index (χ4n) is 0.597. The highest BCUT2D eigenvalue weighted by atomic mass is 32.2. The lowest BCUT2D eigenvalue weighted by Gasteiger charge is -1.93. The summed E-state index contributed by atoms with van der Waals surface area (Å²) < 4.78 is 29.4. The lowest BCUT2D eigenvalue weighted by Crippen LogP contribution is -1.99. The molecule has 6 nitrogen and oxygen atoms in total. The van der Waals surface area contributed by atoms with Gasteiger partial charge in [0.25, 0.3) is 0 Å². The summed E-state index contributed by atoms with van der Waals surface area (Å²) in [4.78, 5) is 13.3. The summed E-state index contributed by atoms with van der Waals surface area (Å²) in [5.41, 5.74) is -0.0994. The molecule has 0 aliphatic heterocycles. The lowest BCUT2D eigenvalue weighted by atomic mass is 10.4. The zero-order chi connectivity index (χ0) is 9.19. The minimum absolute atomic E-state index is 0.0994. The summed E-state index contributed by atoms with van der Waals surface area (Å²) in [7, 11) is -4.35. The SMILES string of the molecule is O=Nc1ccnc(S(=O)(=O)O)c1. The van der Waals surface area contributed by atoms with Crippen molar-refractivity contribution in [1.29, 1.82) is 0 Å². The molecule has 1 aromatic rings. The van der Waals surface area contributed by atoms with Gasteiger partial charge in [0.2, 0.25) is 0 Å². The van der Waals surface area contributed by atoms with Crippen LogP contribution in [-0.2, 0) is 10.1 Å². The summed E-state index contributed by atoms with van der Waals surface area (Å²) >= 11 is 0. The second-order valence-electron chi connectivity index (χ2n) is 1.92. The van der Waals surface area contributed by atoms with Crippen molar-refractivity contribution in [3.8, 4) is 0 Å². The van der Waals surface area contributed by atoms with Gasteiger partial charge in [0.15, 0.2) is 5.03 Å². The van der Waals surface area contributed by atoms with Crippen LogP contribution in [0.3, 0.4) is 0 Å². The van der Waals surface area contributed by atoms with Crippen molar-refractivity contribution in [1.82, 2.24) is 4.98 Å². The van der Waals surface area contributed by atoms with Gasteiger partial charge >= 0.3 is 10.1 Å². The molecule has 7 heteroatoms. The van der Waals surface area contributed by atoms with E-state index < -0.39 is 15.1 Å². The van der Waals surface area contributed by atoms with Crippen LogP contribution in [0.4, 0.5) is 5.69 Å². The Kier molecular flexibility index (Phi) is 2.15. The molecule has 1 aromatic heterocycles. The zero-order valence-electron chi connectivity index (χ0n) is 5.71. The highest BCUT2D eigenvalue weighted by molar-refractivity contribution is 7.85. The first-order valence-electron chi connectivity index (χ1n) is 2.81. The second-order valence-corrected chi connectivity index (χ2v) is 3.29. The van der Waals surface area contributed by atoms with E-state index in [9.17, 15) is 13.3 Å². The van der Waals surface area contributed by atoms with E-state index in [2.05, 4.69) is 10.2 Å². The van der Waals surface area contributed by atoms with Crippen LogP contribution in [0.15, 0.2) is 28.5 Å². The number of pyridine rings is 1. The first-order valence-corrected chi connectivity index (χ1v) is 4.25. The normalized spacial score (nSPS) is 11.1. The largest absolute Gasteiger partial charge is 0.312 e. The van der Waals surface area contributed by atoms with Gasteiger partial charge in [-0.1, -0.05) is 0 Å². The van der Waals surface area contributed by atoms with E-state index in [4.69, 9.17) is 4.55 Å². The van der Waals surface area contributed by atoms with Crippen molar-refractivity contribution < 1.29 is 13.0 Å². The van der Waals surface area contributed by atoms with Crippen LogP contribution in [0.1, 0.15) is 0 Å². The van der Waals surface area contributed by atoms with Gasteiger partial charge in [0.1, 0.15) is 5.69 Å². The van der Waals surface area contributed by atoms with Crippen LogP contribution in [-0.4, -0.2) is 18.0 Å². The molecule has 64 valence electrons. The molecule has 0 radical (unpaired) electrons. The average Bonchev–Trinajstić information content (AvgIpc) is 2.03. The smallest absolute Gasteiger partial charge is 0.281 e. The molecule has 0 bridgehead atoms. The van der Waals surface area contributed by atoms with Gasteiger partial charge in [-0.2, -0.15) is 8.42 Å². The van der Waals surface area contributed by atoms with E-state index >= 15 is 0 Å². The molecular weight excluding hydrogens is 184 g/mol. The molecule has 0 spiro atoms. The van der Waals surface area contributed by atoms with E-state index in [1.165, 1.54) is 6.07 Å². The summed E-state index contributed by atoms with van der Waals surface area (Å²) in [6, 6.07) is 2.10. The van der Waals surface area contributed by atoms with Crippen molar-refractivity contribution in [3.05, 3.63) is 23.2 Å². The van der Waals surface area contributed by atoms with Gasteiger partial charge < -0.3 is 0 Å². The standard InChI is InChI=1S/C5H4N2O4S/c8-7-4-1-2-6-5(3-4)12(9,10)11/h1-3H,(H,9,10,11). The molecule has 0 saturated heterocycles. The number of nitrogens with zero attached hydrogens (tertiary/aromatic N) is 2. The van der Waals surface area contributed by atoms with E-state index in [1.54, 1.807) is 0 Å². The molecule has 0 fully saturated rings. The Bertz CT molecular complexity index is 400. The lowest BCUT2D eigenvalue weighted by molar-refractivity contribution is 0.479. The van der Waals surface area contributed by atoms with E-state index in [0.717, 1.165) is 12.3 Å². The first kappa shape index (κ1) is 8.75. The molecule has 0 saturated carbocycles. The van der Waals surface area contributed by atoms with E-state index in [1.807, 2.05) is 0 Å². The second kappa shape index (κ2) is 2.95. The van der Waals surface area contributed by atoms with Crippen molar-refractivity contribution in [2.24, 2.45) is 5.18 Å². The van der Waals surface area contributed by atoms with Crippen LogP contribution in [0, 0.1) is 4.91 Å². The Morgan fingerprint density at radius 3 is 2.67 bits per heavy atom. The van der Waals surface area contributed by atoms with Gasteiger partial charge in [0.05, 0.1) is 0 Å². The van der Waals surface area contributed by atoms with Gasteiger partial charge in [0, 0.05) is 12.3 Å². The fraction of sp³-hybridized carbons (Fsp3) is 0. The molecule has 0 aromatic carbocycles. The van der Waals surface area contributed by atoms with Crippen LogP contribution < -0.4 is 0 Å². The molecule has 0 aliphatic rings. The van der Waals surface area contributed by atoms with Gasteiger partial charge in [-0.3, -0.25) is 4.55 Å². The first-order chi connectivity index (χ1) is 5.54. The minimum Gasteiger partial charge on any atom is -0.281 e. The predicted octanol–water partition coefficient (Wildman–Crippen LogP) is 0.726. The molecule has 12 heavy (non-hydrogen) atoms. The molecule has 1 N–H and O–H groups in total. The zero-order valence-corrected chi connectivity index (χ0v) is 6.52. The minimum atomic E-state index is -4.35. The fourth-order valence-corrected chi connectivity index (χ4v) is 1.06. The van der Waals surface area contributed by atoms with Crippen molar-refractivity contribution in [3.63, 3.8) is 0 Å². The monoisotopic (exact) mass is 188 g/mol. The molecule has 0 atom stereocenters. The van der Waals surface area contributed by atoms with Crippen LogP contribution in [0.25, 0.3) is 0 Å². The van der Waals surface area contributed by atoms with Crippen molar-refractivity contribution >= 4 is 15.8 Å². The molecule has 1 rings (SSSR count). The third kappa shape index (κ3) is 1.83. The Hall–Kier alpha value is -1.34. The van der Waals surface area contributed by atoms with Crippen LogP contribution in [0.2, 0.25) is 0 Å². The Labute approximate surface area is 68.0 Å². The van der Waals surface area contributed by atoms with Crippen LogP contribution >= 0.6 is 0 Å². The summed E-state index contributed by atoms with van der Waals surface area (Å²) in [5, 5.41) is 1.90. The summed E-state index contributed by atoms with van der Waals surface area (Å²) in [5.74, 6) is 0. The van der Waals surface area contributed by atoms with E-state index in [-0.39, 0.29) is 5.69 Å². The van der Waals surface area contributed by atoms with Crippen molar-refractivity contribution in [2.45, 2.75) is 5.03 Å².